The highest BCUT2D eigenvalue weighted by Gasteiger charge is 2.07. The van der Waals surface area contributed by atoms with E-state index < -0.39 is 0 Å². The molecule has 0 aliphatic carbocycles. The summed E-state index contributed by atoms with van der Waals surface area (Å²) in [6.45, 7) is 2.51. The van der Waals surface area contributed by atoms with Crippen LogP contribution in [0.4, 0.5) is 10.5 Å². The van der Waals surface area contributed by atoms with Crippen LogP contribution in [-0.2, 0) is 11.3 Å². The molecule has 29 heavy (non-hydrogen) atoms. The number of anilines is 1. The van der Waals surface area contributed by atoms with E-state index in [1.807, 2.05) is 49.5 Å². The lowest BCUT2D eigenvalue weighted by Crippen LogP contribution is -2.36. The van der Waals surface area contributed by atoms with Gasteiger partial charge < -0.3 is 16.0 Å². The van der Waals surface area contributed by atoms with Crippen LogP contribution in [0.1, 0.15) is 17.5 Å². The molecule has 150 valence electrons. The third kappa shape index (κ3) is 6.08. The van der Waals surface area contributed by atoms with Crippen molar-refractivity contribution in [2.45, 2.75) is 19.9 Å². The number of nitrogens with zero attached hydrogens (tertiary/aromatic N) is 2. The number of carbonyl (C=O) groups excluding carboxylic acids is 2. The van der Waals surface area contributed by atoms with Crippen LogP contribution in [0.15, 0.2) is 60.9 Å². The number of benzene rings is 2. The van der Waals surface area contributed by atoms with Gasteiger partial charge in [-0.3, -0.25) is 4.79 Å². The highest BCUT2D eigenvalue weighted by Crippen LogP contribution is 2.22. The predicted molar refractivity (Wildman–Crippen MR) is 113 cm³/mol. The van der Waals surface area contributed by atoms with Crippen LogP contribution in [0.5, 0.6) is 0 Å². The van der Waals surface area contributed by atoms with Gasteiger partial charge in [-0.25, -0.2) is 9.48 Å². The summed E-state index contributed by atoms with van der Waals surface area (Å²) in [5.41, 5.74) is 3.44. The van der Waals surface area contributed by atoms with Crippen molar-refractivity contribution in [2.24, 2.45) is 0 Å². The van der Waals surface area contributed by atoms with Gasteiger partial charge >= 0.3 is 6.03 Å². The molecule has 0 saturated heterocycles. The molecule has 0 radical (unpaired) electrons. The van der Waals surface area contributed by atoms with Gasteiger partial charge in [-0.1, -0.05) is 29.8 Å². The van der Waals surface area contributed by atoms with Crippen LogP contribution in [-0.4, -0.2) is 28.3 Å². The Bertz CT molecular complexity index is 988. The second kappa shape index (κ2) is 9.75. The second-order valence-electron chi connectivity index (χ2n) is 6.51. The zero-order chi connectivity index (χ0) is 20.6. The number of hydrogen-bond donors (Lipinski definition) is 3. The molecule has 0 saturated carbocycles. The standard InChI is InChI=1S/C21H22ClN5O2/c1-15-6-7-19(18(22)12-15)26-20(28)8-10-23-21(29)24-14-16-4-2-5-17(13-16)27-11-3-9-25-27/h2-7,9,11-13H,8,10,14H2,1H3,(H,26,28)(H2,23,24,29). The lowest BCUT2D eigenvalue weighted by Gasteiger charge is -2.10. The van der Waals surface area contributed by atoms with E-state index >= 15 is 0 Å². The van der Waals surface area contributed by atoms with Gasteiger partial charge in [0.05, 0.1) is 16.4 Å². The summed E-state index contributed by atoms with van der Waals surface area (Å²) < 4.78 is 1.75. The van der Waals surface area contributed by atoms with E-state index in [2.05, 4.69) is 21.0 Å². The van der Waals surface area contributed by atoms with Crippen molar-refractivity contribution in [1.29, 1.82) is 0 Å². The summed E-state index contributed by atoms with van der Waals surface area (Å²) >= 11 is 6.10. The zero-order valence-corrected chi connectivity index (χ0v) is 16.7. The predicted octanol–water partition coefficient (Wildman–Crippen LogP) is 3.66. The maximum absolute atomic E-state index is 12.0. The molecule has 0 unspecified atom stereocenters. The summed E-state index contributed by atoms with van der Waals surface area (Å²) in [5, 5.41) is 12.9. The molecule has 0 aliphatic rings. The van der Waals surface area contributed by atoms with E-state index in [-0.39, 0.29) is 24.9 Å². The van der Waals surface area contributed by atoms with Crippen molar-refractivity contribution in [3.63, 3.8) is 0 Å². The molecular formula is C21H22ClN5O2. The largest absolute Gasteiger partial charge is 0.338 e. The highest BCUT2D eigenvalue weighted by molar-refractivity contribution is 6.33. The van der Waals surface area contributed by atoms with Crippen molar-refractivity contribution in [3.8, 4) is 5.69 Å². The normalized spacial score (nSPS) is 10.4. The smallest absolute Gasteiger partial charge is 0.315 e. The fourth-order valence-electron chi connectivity index (χ4n) is 2.70. The van der Waals surface area contributed by atoms with E-state index in [0.717, 1.165) is 16.8 Å². The lowest BCUT2D eigenvalue weighted by molar-refractivity contribution is -0.116. The first-order chi connectivity index (χ1) is 14.0. The minimum Gasteiger partial charge on any atom is -0.338 e. The number of nitrogens with one attached hydrogen (secondary N) is 3. The zero-order valence-electron chi connectivity index (χ0n) is 16.0. The Hall–Kier alpha value is -3.32. The third-order valence-electron chi connectivity index (χ3n) is 4.17. The number of hydrogen-bond acceptors (Lipinski definition) is 3. The quantitative estimate of drug-likeness (QED) is 0.554. The number of carbonyl (C=O) groups is 2. The van der Waals surface area contributed by atoms with Gasteiger partial charge in [-0.15, -0.1) is 0 Å². The van der Waals surface area contributed by atoms with Gasteiger partial charge in [0.25, 0.3) is 0 Å². The van der Waals surface area contributed by atoms with Crippen LogP contribution in [0.2, 0.25) is 5.02 Å². The average Bonchev–Trinajstić information content (AvgIpc) is 3.24. The molecule has 3 aromatic rings. The van der Waals surface area contributed by atoms with Gasteiger partial charge in [-0.2, -0.15) is 5.10 Å². The number of aryl methyl sites for hydroxylation is 1. The van der Waals surface area contributed by atoms with Gasteiger partial charge in [0, 0.05) is 31.9 Å². The molecule has 0 spiro atoms. The molecule has 0 atom stereocenters. The van der Waals surface area contributed by atoms with Crippen molar-refractivity contribution >= 4 is 29.2 Å². The van der Waals surface area contributed by atoms with Crippen LogP contribution < -0.4 is 16.0 Å². The topological polar surface area (TPSA) is 88.0 Å². The van der Waals surface area contributed by atoms with Crippen molar-refractivity contribution in [1.82, 2.24) is 20.4 Å². The van der Waals surface area contributed by atoms with E-state index in [1.54, 1.807) is 23.0 Å². The molecule has 2 aromatic carbocycles. The fraction of sp³-hybridized carbons (Fsp3) is 0.190. The average molecular weight is 412 g/mol. The van der Waals surface area contributed by atoms with Crippen LogP contribution >= 0.6 is 11.6 Å². The summed E-state index contributed by atoms with van der Waals surface area (Å²) in [6, 6.07) is 14.6. The molecule has 3 rings (SSSR count). The van der Waals surface area contributed by atoms with Crippen molar-refractivity contribution in [3.05, 3.63) is 77.1 Å². The Morgan fingerprint density at radius 3 is 2.72 bits per heavy atom. The van der Waals surface area contributed by atoms with Crippen molar-refractivity contribution < 1.29 is 9.59 Å². The maximum atomic E-state index is 12.0. The Kier molecular flexibility index (Phi) is 6.86. The van der Waals surface area contributed by atoms with Gasteiger partial charge in [0.2, 0.25) is 5.91 Å². The summed E-state index contributed by atoms with van der Waals surface area (Å²) in [4.78, 5) is 24.0. The number of halogens is 1. The highest BCUT2D eigenvalue weighted by atomic mass is 35.5. The summed E-state index contributed by atoms with van der Waals surface area (Å²) in [6.07, 6.45) is 3.71. The molecule has 8 heteroatoms. The number of amides is 3. The monoisotopic (exact) mass is 411 g/mol. The number of rotatable bonds is 7. The number of urea groups is 1. The molecule has 0 fully saturated rings. The Labute approximate surface area is 174 Å². The Balaban J connectivity index is 1.40. The minimum atomic E-state index is -0.337. The maximum Gasteiger partial charge on any atom is 0.315 e. The van der Waals surface area contributed by atoms with E-state index in [0.29, 0.717) is 17.3 Å². The van der Waals surface area contributed by atoms with Crippen LogP contribution in [0, 0.1) is 6.92 Å². The first-order valence-corrected chi connectivity index (χ1v) is 9.56. The molecule has 3 N–H and O–H groups in total. The third-order valence-corrected chi connectivity index (χ3v) is 4.48. The van der Waals surface area contributed by atoms with E-state index in [4.69, 9.17) is 11.6 Å². The molecule has 3 amide bonds. The summed E-state index contributed by atoms with van der Waals surface area (Å²) in [5.74, 6) is -0.219. The Morgan fingerprint density at radius 2 is 1.97 bits per heavy atom. The van der Waals surface area contributed by atoms with E-state index in [1.165, 1.54) is 0 Å². The summed E-state index contributed by atoms with van der Waals surface area (Å²) in [7, 11) is 0. The molecule has 0 aliphatic heterocycles. The van der Waals surface area contributed by atoms with Crippen LogP contribution in [0.3, 0.4) is 0 Å². The van der Waals surface area contributed by atoms with Gasteiger partial charge in [-0.05, 0) is 48.4 Å². The SMILES string of the molecule is Cc1ccc(NC(=O)CCNC(=O)NCc2cccc(-n3cccn3)c2)c(Cl)c1. The fourth-order valence-corrected chi connectivity index (χ4v) is 2.98. The first-order valence-electron chi connectivity index (χ1n) is 9.18. The molecule has 1 aromatic heterocycles. The van der Waals surface area contributed by atoms with E-state index in [9.17, 15) is 9.59 Å². The second-order valence-corrected chi connectivity index (χ2v) is 6.92. The molecular weight excluding hydrogens is 390 g/mol. The van der Waals surface area contributed by atoms with Gasteiger partial charge in [0.1, 0.15) is 0 Å². The van der Waals surface area contributed by atoms with Crippen LogP contribution in [0.25, 0.3) is 5.69 Å². The molecule has 0 bridgehead atoms. The number of aromatic nitrogens is 2. The van der Waals surface area contributed by atoms with Crippen molar-refractivity contribution in [2.75, 3.05) is 11.9 Å². The minimum absolute atomic E-state index is 0.145. The molecule has 1 heterocycles. The first kappa shape index (κ1) is 20.4. The Morgan fingerprint density at radius 1 is 1.10 bits per heavy atom. The molecule has 7 nitrogen and oxygen atoms in total. The van der Waals surface area contributed by atoms with Gasteiger partial charge in [0.15, 0.2) is 0 Å². The lowest BCUT2D eigenvalue weighted by atomic mass is 10.2.